The molecule has 9 heteroatoms. The molecule has 174 valence electrons. The fourth-order valence-electron chi connectivity index (χ4n) is 4.35. The molecule has 2 atom stereocenters. The number of likely N-dealkylation sites (N-methyl/N-ethyl adjacent to an activating group) is 1. The van der Waals surface area contributed by atoms with Gasteiger partial charge in [-0.1, -0.05) is 6.92 Å². The summed E-state index contributed by atoms with van der Waals surface area (Å²) in [5.41, 5.74) is 10.5. The maximum atomic E-state index is 6.21. The van der Waals surface area contributed by atoms with Crippen LogP contribution in [0.25, 0.3) is 5.52 Å². The lowest BCUT2D eigenvalue weighted by molar-refractivity contribution is 0.0565. The number of ether oxygens (including phenoxy) is 1. The van der Waals surface area contributed by atoms with E-state index in [1.807, 2.05) is 48.8 Å². The van der Waals surface area contributed by atoms with E-state index in [0.29, 0.717) is 24.2 Å². The first kappa shape index (κ1) is 22.9. The molecule has 1 aliphatic heterocycles. The molecule has 0 saturated carbocycles. The Morgan fingerprint density at radius 1 is 1.24 bits per heavy atom. The Balaban J connectivity index is 1.52. The van der Waals surface area contributed by atoms with E-state index in [1.54, 1.807) is 13.2 Å². The van der Waals surface area contributed by atoms with Crippen molar-refractivity contribution in [1.82, 2.24) is 24.5 Å². The first-order chi connectivity index (χ1) is 15.9. The van der Waals surface area contributed by atoms with Gasteiger partial charge in [0.2, 0.25) is 0 Å². The van der Waals surface area contributed by atoms with Crippen LogP contribution in [0.5, 0.6) is 0 Å². The maximum absolute atomic E-state index is 6.21. The predicted molar refractivity (Wildman–Crippen MR) is 131 cm³/mol. The Morgan fingerprint density at radius 3 is 2.73 bits per heavy atom. The van der Waals surface area contributed by atoms with Crippen molar-refractivity contribution in [2.24, 2.45) is 16.6 Å². The molecule has 0 aromatic carbocycles. The van der Waals surface area contributed by atoms with E-state index in [1.165, 1.54) is 0 Å². The van der Waals surface area contributed by atoms with Gasteiger partial charge in [-0.15, -0.1) is 0 Å². The lowest BCUT2D eigenvalue weighted by Gasteiger charge is -2.18. The second-order valence-electron chi connectivity index (χ2n) is 8.69. The first-order valence-corrected chi connectivity index (χ1v) is 11.1. The molecule has 33 heavy (non-hydrogen) atoms. The highest BCUT2D eigenvalue weighted by atomic mass is 16.5. The molecule has 4 rings (SSSR count). The molecule has 9 nitrogen and oxygen atoms in total. The van der Waals surface area contributed by atoms with E-state index in [9.17, 15) is 0 Å². The van der Waals surface area contributed by atoms with E-state index >= 15 is 0 Å². The zero-order chi connectivity index (χ0) is 23.5. The Hall–Kier alpha value is -3.30. The fraction of sp³-hybridized carbons (Fsp3) is 0.417. The average Bonchev–Trinajstić information content (AvgIpc) is 3.30. The summed E-state index contributed by atoms with van der Waals surface area (Å²) in [4.78, 5) is 15.6. The minimum Gasteiger partial charge on any atom is -0.404 e. The summed E-state index contributed by atoms with van der Waals surface area (Å²) < 4.78 is 8.03. The summed E-state index contributed by atoms with van der Waals surface area (Å²) in [5.74, 6) is 2.63. The number of nitrogens with zero attached hydrogens (tertiary/aromatic N) is 6. The number of anilines is 2. The van der Waals surface area contributed by atoms with Crippen molar-refractivity contribution in [3.8, 4) is 0 Å². The van der Waals surface area contributed by atoms with Crippen LogP contribution in [0.2, 0.25) is 0 Å². The molecule has 1 aliphatic rings. The van der Waals surface area contributed by atoms with Crippen LogP contribution in [0, 0.1) is 19.8 Å². The molecular formula is C24H32N8O. The van der Waals surface area contributed by atoms with Crippen LogP contribution >= 0.6 is 0 Å². The van der Waals surface area contributed by atoms with Crippen LogP contribution in [0.15, 0.2) is 47.2 Å². The molecule has 0 aliphatic carbocycles. The van der Waals surface area contributed by atoms with Crippen molar-refractivity contribution in [1.29, 1.82) is 0 Å². The number of aliphatic imine (C=N–C) groups is 1. The zero-order valence-electron chi connectivity index (χ0n) is 19.9. The van der Waals surface area contributed by atoms with Crippen molar-refractivity contribution in [3.63, 3.8) is 0 Å². The monoisotopic (exact) mass is 448 g/mol. The second kappa shape index (κ2) is 9.68. The minimum absolute atomic E-state index is 0.197. The Labute approximate surface area is 194 Å². The average molecular weight is 449 g/mol. The molecule has 3 N–H and O–H groups in total. The first-order valence-electron chi connectivity index (χ1n) is 11.1. The summed E-state index contributed by atoms with van der Waals surface area (Å²) in [6, 6.07) is 7.90. The summed E-state index contributed by atoms with van der Waals surface area (Å²) in [5, 5.41) is 7.86. The number of nitrogens with one attached hydrogen (secondary N) is 1. The van der Waals surface area contributed by atoms with Gasteiger partial charge in [-0.05, 0) is 38.9 Å². The van der Waals surface area contributed by atoms with Crippen LogP contribution in [-0.2, 0) is 4.74 Å². The summed E-state index contributed by atoms with van der Waals surface area (Å²) in [7, 11) is 3.90. The molecule has 1 fully saturated rings. The van der Waals surface area contributed by atoms with Crippen LogP contribution in [0.1, 0.15) is 24.0 Å². The van der Waals surface area contributed by atoms with E-state index in [-0.39, 0.29) is 6.10 Å². The number of aromatic nitrogens is 4. The van der Waals surface area contributed by atoms with Gasteiger partial charge in [0.1, 0.15) is 11.6 Å². The lowest BCUT2D eigenvalue weighted by atomic mass is 10.0. The van der Waals surface area contributed by atoms with Gasteiger partial charge in [-0.2, -0.15) is 5.10 Å². The van der Waals surface area contributed by atoms with Crippen molar-refractivity contribution in [2.75, 3.05) is 39.1 Å². The molecule has 0 amide bonds. The number of hydrogen-bond donors (Lipinski definition) is 2. The third-order valence-corrected chi connectivity index (χ3v) is 5.87. The molecule has 0 bridgehead atoms. The van der Waals surface area contributed by atoms with Gasteiger partial charge in [-0.3, -0.25) is 4.99 Å². The molecule has 1 saturated heterocycles. The topological polar surface area (TPSA) is 106 Å². The van der Waals surface area contributed by atoms with E-state index in [4.69, 9.17) is 10.5 Å². The number of rotatable bonds is 7. The smallest absolute Gasteiger partial charge is 0.154 e. The number of aryl methyl sites for hydroxylation is 2. The van der Waals surface area contributed by atoms with E-state index < -0.39 is 0 Å². The van der Waals surface area contributed by atoms with Crippen molar-refractivity contribution >= 4 is 22.9 Å². The predicted octanol–water partition coefficient (Wildman–Crippen LogP) is 2.71. The summed E-state index contributed by atoms with van der Waals surface area (Å²) >= 11 is 0. The number of hydrogen-bond acceptors (Lipinski definition) is 8. The van der Waals surface area contributed by atoms with Gasteiger partial charge in [-0.25, -0.2) is 14.5 Å². The van der Waals surface area contributed by atoms with Crippen molar-refractivity contribution < 1.29 is 4.74 Å². The van der Waals surface area contributed by atoms with Crippen molar-refractivity contribution in [3.05, 3.63) is 59.3 Å². The Bertz CT molecular complexity index is 1180. The minimum atomic E-state index is 0.197. The third kappa shape index (κ3) is 5.20. The highest BCUT2D eigenvalue weighted by molar-refractivity contribution is 6.13. The van der Waals surface area contributed by atoms with Gasteiger partial charge in [0.15, 0.2) is 5.82 Å². The van der Waals surface area contributed by atoms with Crippen LogP contribution in [0.4, 0.5) is 11.6 Å². The standard InChI is InChI=1S/C24H32N8O/c1-15-12-31(5)13-21(15)33-14-19(11-25)24(26-4)18-6-7-32-20(9-18)10-23(30-32)29-22-8-16(2)27-17(3)28-22/h6-11,15,21H,12-14,25H2,1-5H3,(H,27,28,29,30)/b19-11-,26-24?/t15-,21-/m1/s1. The number of pyridine rings is 1. The fourth-order valence-corrected chi connectivity index (χ4v) is 4.35. The largest absolute Gasteiger partial charge is 0.404 e. The molecule has 0 radical (unpaired) electrons. The molecule has 4 heterocycles. The van der Waals surface area contributed by atoms with E-state index in [2.05, 4.69) is 44.2 Å². The normalized spacial score (nSPS) is 20.0. The van der Waals surface area contributed by atoms with Gasteiger partial charge < -0.3 is 20.7 Å². The SMILES string of the molecule is CN=C(/C(=C\N)CO[C@@H]1CN(C)C[C@H]1C)c1ccn2nc(Nc3cc(C)nc(C)n3)cc2c1. The summed E-state index contributed by atoms with van der Waals surface area (Å²) in [6.45, 7) is 8.44. The molecule has 3 aromatic rings. The number of nitrogens with two attached hydrogens (primary N) is 1. The van der Waals surface area contributed by atoms with Crippen molar-refractivity contribution in [2.45, 2.75) is 26.9 Å². The third-order valence-electron chi connectivity index (χ3n) is 5.87. The van der Waals surface area contributed by atoms with Crippen LogP contribution < -0.4 is 11.1 Å². The highest BCUT2D eigenvalue weighted by Crippen LogP contribution is 2.21. The second-order valence-corrected chi connectivity index (χ2v) is 8.69. The maximum Gasteiger partial charge on any atom is 0.154 e. The number of likely N-dealkylation sites (tertiary alicyclic amines) is 1. The van der Waals surface area contributed by atoms with Gasteiger partial charge in [0, 0.05) is 61.5 Å². The molecule has 3 aromatic heterocycles. The Morgan fingerprint density at radius 2 is 2.06 bits per heavy atom. The van der Waals surface area contributed by atoms with Gasteiger partial charge in [0.25, 0.3) is 0 Å². The quantitative estimate of drug-likeness (QED) is 0.535. The van der Waals surface area contributed by atoms with Gasteiger partial charge >= 0.3 is 0 Å². The molecule has 0 spiro atoms. The lowest BCUT2D eigenvalue weighted by Crippen LogP contribution is -2.24. The Kier molecular flexibility index (Phi) is 6.71. The highest BCUT2D eigenvalue weighted by Gasteiger charge is 2.28. The number of fused-ring (bicyclic) bond motifs is 1. The summed E-state index contributed by atoms with van der Waals surface area (Å²) in [6.07, 6.45) is 3.71. The van der Waals surface area contributed by atoms with Crippen LogP contribution in [-0.4, -0.2) is 70.1 Å². The zero-order valence-corrected chi connectivity index (χ0v) is 19.9. The van der Waals surface area contributed by atoms with Gasteiger partial charge in [0.05, 0.1) is 23.9 Å². The van der Waals surface area contributed by atoms with E-state index in [0.717, 1.165) is 47.0 Å². The van der Waals surface area contributed by atoms with Crippen LogP contribution in [0.3, 0.4) is 0 Å². The molecule has 0 unspecified atom stereocenters. The molecular weight excluding hydrogens is 416 g/mol.